The SMILES string of the molecule is CC(C)(C)NC(=O)C1COc2ccccc2C1. The molecule has 1 aromatic rings. The number of rotatable bonds is 1. The van der Waals surface area contributed by atoms with Gasteiger partial charge in [-0.3, -0.25) is 4.79 Å². The minimum atomic E-state index is -0.186. The van der Waals surface area contributed by atoms with Crippen LogP contribution in [-0.2, 0) is 11.2 Å². The summed E-state index contributed by atoms with van der Waals surface area (Å²) in [5.74, 6) is 0.906. The smallest absolute Gasteiger partial charge is 0.227 e. The Hall–Kier alpha value is -1.51. The van der Waals surface area contributed by atoms with Crippen LogP contribution in [-0.4, -0.2) is 18.1 Å². The van der Waals surface area contributed by atoms with E-state index in [0.29, 0.717) is 6.61 Å². The second-order valence-corrected chi connectivity index (χ2v) is 5.56. The second kappa shape index (κ2) is 4.40. The van der Waals surface area contributed by atoms with Crippen molar-refractivity contribution >= 4 is 5.91 Å². The number of hydrogen-bond acceptors (Lipinski definition) is 2. The maximum Gasteiger partial charge on any atom is 0.227 e. The first-order valence-corrected chi connectivity index (χ1v) is 5.98. The zero-order chi connectivity index (χ0) is 12.5. The highest BCUT2D eigenvalue weighted by atomic mass is 16.5. The Balaban J connectivity index is 2.05. The van der Waals surface area contributed by atoms with Gasteiger partial charge in [0.25, 0.3) is 0 Å². The first kappa shape index (κ1) is 12.0. The predicted octanol–water partition coefficient (Wildman–Crippen LogP) is 2.15. The Labute approximate surface area is 102 Å². The molecule has 1 aromatic carbocycles. The van der Waals surface area contributed by atoms with Gasteiger partial charge in [0, 0.05) is 5.54 Å². The van der Waals surface area contributed by atoms with Gasteiger partial charge in [-0.2, -0.15) is 0 Å². The van der Waals surface area contributed by atoms with E-state index >= 15 is 0 Å². The van der Waals surface area contributed by atoms with Crippen molar-refractivity contribution in [3.8, 4) is 5.75 Å². The lowest BCUT2D eigenvalue weighted by atomic mass is 9.95. The summed E-state index contributed by atoms with van der Waals surface area (Å²) in [7, 11) is 0. The van der Waals surface area contributed by atoms with Gasteiger partial charge < -0.3 is 10.1 Å². The molecule has 17 heavy (non-hydrogen) atoms. The lowest BCUT2D eigenvalue weighted by molar-refractivity contribution is -0.127. The third-order valence-corrected chi connectivity index (χ3v) is 2.75. The Morgan fingerprint density at radius 2 is 2.06 bits per heavy atom. The van der Waals surface area contributed by atoms with Crippen LogP contribution >= 0.6 is 0 Å². The Morgan fingerprint density at radius 1 is 1.35 bits per heavy atom. The normalized spacial score (nSPS) is 19.1. The average molecular weight is 233 g/mol. The molecular weight excluding hydrogens is 214 g/mol. The van der Waals surface area contributed by atoms with Crippen LogP contribution in [0.2, 0.25) is 0 Å². The summed E-state index contributed by atoms with van der Waals surface area (Å²) in [6.45, 7) is 6.44. The van der Waals surface area contributed by atoms with Gasteiger partial charge in [-0.15, -0.1) is 0 Å². The van der Waals surface area contributed by atoms with E-state index in [1.165, 1.54) is 0 Å². The fourth-order valence-electron chi connectivity index (χ4n) is 1.97. The second-order valence-electron chi connectivity index (χ2n) is 5.56. The minimum Gasteiger partial charge on any atom is -0.492 e. The fourth-order valence-corrected chi connectivity index (χ4v) is 1.97. The van der Waals surface area contributed by atoms with Crippen molar-refractivity contribution in [3.05, 3.63) is 29.8 Å². The number of fused-ring (bicyclic) bond motifs is 1. The number of ether oxygens (including phenoxy) is 1. The van der Waals surface area contributed by atoms with Crippen LogP contribution in [0.1, 0.15) is 26.3 Å². The van der Waals surface area contributed by atoms with E-state index in [1.807, 2.05) is 45.0 Å². The van der Waals surface area contributed by atoms with Crippen LogP contribution in [0.5, 0.6) is 5.75 Å². The van der Waals surface area contributed by atoms with Crippen molar-refractivity contribution in [2.75, 3.05) is 6.61 Å². The molecule has 1 aliphatic heterocycles. The van der Waals surface area contributed by atoms with Crippen LogP contribution in [0.25, 0.3) is 0 Å². The zero-order valence-electron chi connectivity index (χ0n) is 10.6. The molecule has 0 bridgehead atoms. The summed E-state index contributed by atoms with van der Waals surface area (Å²) >= 11 is 0. The summed E-state index contributed by atoms with van der Waals surface area (Å²) in [6, 6.07) is 7.90. The Bertz CT molecular complexity index is 420. The molecule has 1 heterocycles. The van der Waals surface area contributed by atoms with E-state index in [1.54, 1.807) is 0 Å². The van der Waals surface area contributed by atoms with Gasteiger partial charge in [-0.1, -0.05) is 18.2 Å². The predicted molar refractivity (Wildman–Crippen MR) is 67.0 cm³/mol. The standard InChI is InChI=1S/C14H19NO2/c1-14(2,3)15-13(16)11-8-10-6-4-5-7-12(10)17-9-11/h4-7,11H,8-9H2,1-3H3,(H,15,16). The number of benzene rings is 1. The lowest BCUT2D eigenvalue weighted by Gasteiger charge is -2.28. The van der Waals surface area contributed by atoms with Gasteiger partial charge in [0.15, 0.2) is 0 Å². The van der Waals surface area contributed by atoms with Gasteiger partial charge in [-0.05, 0) is 38.8 Å². The summed E-state index contributed by atoms with van der Waals surface area (Å²) < 4.78 is 5.61. The largest absolute Gasteiger partial charge is 0.492 e. The van der Waals surface area contributed by atoms with Crippen LogP contribution in [0.15, 0.2) is 24.3 Å². The van der Waals surface area contributed by atoms with Crippen molar-refractivity contribution in [2.24, 2.45) is 5.92 Å². The zero-order valence-corrected chi connectivity index (χ0v) is 10.6. The molecule has 1 unspecified atom stereocenters. The molecule has 1 atom stereocenters. The van der Waals surface area contributed by atoms with Gasteiger partial charge >= 0.3 is 0 Å². The molecule has 3 nitrogen and oxygen atoms in total. The molecule has 2 rings (SSSR count). The third-order valence-electron chi connectivity index (χ3n) is 2.75. The highest BCUT2D eigenvalue weighted by Gasteiger charge is 2.27. The fraction of sp³-hybridized carbons (Fsp3) is 0.500. The molecule has 92 valence electrons. The number of nitrogens with one attached hydrogen (secondary N) is 1. The molecule has 1 amide bonds. The molecular formula is C14H19NO2. The van der Waals surface area contributed by atoms with E-state index in [0.717, 1.165) is 17.7 Å². The van der Waals surface area contributed by atoms with E-state index in [4.69, 9.17) is 4.74 Å². The minimum absolute atomic E-state index is 0.0759. The van der Waals surface area contributed by atoms with Gasteiger partial charge in [-0.25, -0.2) is 0 Å². The van der Waals surface area contributed by atoms with Gasteiger partial charge in [0.1, 0.15) is 12.4 Å². The molecule has 0 saturated carbocycles. The van der Waals surface area contributed by atoms with E-state index in [2.05, 4.69) is 5.32 Å². The van der Waals surface area contributed by atoms with Crippen LogP contribution < -0.4 is 10.1 Å². The number of carbonyl (C=O) groups excluding carboxylic acids is 1. The van der Waals surface area contributed by atoms with E-state index < -0.39 is 0 Å². The van der Waals surface area contributed by atoms with Crippen LogP contribution in [0, 0.1) is 5.92 Å². The Morgan fingerprint density at radius 3 is 2.76 bits per heavy atom. The highest BCUT2D eigenvalue weighted by Crippen LogP contribution is 2.27. The molecule has 0 spiro atoms. The number of hydrogen-bond donors (Lipinski definition) is 1. The van der Waals surface area contributed by atoms with E-state index in [-0.39, 0.29) is 17.4 Å². The van der Waals surface area contributed by atoms with Crippen molar-refractivity contribution in [2.45, 2.75) is 32.7 Å². The first-order valence-electron chi connectivity index (χ1n) is 5.98. The summed E-state index contributed by atoms with van der Waals surface area (Å²) in [6.07, 6.45) is 0.762. The molecule has 0 saturated heterocycles. The van der Waals surface area contributed by atoms with Crippen LogP contribution in [0.4, 0.5) is 0 Å². The topological polar surface area (TPSA) is 38.3 Å². The van der Waals surface area contributed by atoms with Crippen molar-refractivity contribution < 1.29 is 9.53 Å². The average Bonchev–Trinajstić information content (AvgIpc) is 2.26. The van der Waals surface area contributed by atoms with Crippen LogP contribution in [0.3, 0.4) is 0 Å². The van der Waals surface area contributed by atoms with Gasteiger partial charge in [0.2, 0.25) is 5.91 Å². The molecule has 0 aromatic heterocycles. The Kier molecular flexibility index (Phi) is 3.09. The van der Waals surface area contributed by atoms with Crippen molar-refractivity contribution in [1.29, 1.82) is 0 Å². The molecule has 1 N–H and O–H groups in total. The summed E-state index contributed by atoms with van der Waals surface area (Å²) in [4.78, 5) is 12.0. The first-order chi connectivity index (χ1) is 7.96. The highest BCUT2D eigenvalue weighted by molar-refractivity contribution is 5.80. The lowest BCUT2D eigenvalue weighted by Crippen LogP contribution is -2.46. The molecule has 1 aliphatic rings. The van der Waals surface area contributed by atoms with E-state index in [9.17, 15) is 4.79 Å². The van der Waals surface area contributed by atoms with Crippen molar-refractivity contribution in [1.82, 2.24) is 5.32 Å². The van der Waals surface area contributed by atoms with Crippen molar-refractivity contribution in [3.63, 3.8) is 0 Å². The number of amides is 1. The maximum atomic E-state index is 12.0. The molecule has 3 heteroatoms. The molecule has 0 radical (unpaired) electrons. The third kappa shape index (κ3) is 2.99. The summed E-state index contributed by atoms with van der Waals surface area (Å²) in [5, 5.41) is 3.00. The molecule has 0 aliphatic carbocycles. The summed E-state index contributed by atoms with van der Waals surface area (Å²) in [5.41, 5.74) is 0.932. The quantitative estimate of drug-likeness (QED) is 0.807. The van der Waals surface area contributed by atoms with Gasteiger partial charge in [0.05, 0.1) is 5.92 Å². The maximum absolute atomic E-state index is 12.0. The number of carbonyl (C=O) groups is 1. The number of para-hydroxylation sites is 1. The molecule has 0 fully saturated rings. The monoisotopic (exact) mass is 233 g/mol.